The third-order valence-electron chi connectivity index (χ3n) is 2.27. The maximum Gasteiger partial charge on any atom is 0.224 e. The van der Waals surface area contributed by atoms with Crippen molar-refractivity contribution < 1.29 is 4.79 Å². The summed E-state index contributed by atoms with van der Waals surface area (Å²) in [7, 11) is 0. The highest BCUT2D eigenvalue weighted by atomic mass is 16.1. The van der Waals surface area contributed by atoms with Gasteiger partial charge in [0.25, 0.3) is 0 Å². The average Bonchev–Trinajstić information content (AvgIpc) is 2.81. The Morgan fingerprint density at radius 1 is 1.25 bits per heavy atom. The molecule has 0 saturated heterocycles. The minimum Gasteiger partial charge on any atom is -0.367 e. The molecule has 2 rings (SSSR count). The minimum absolute atomic E-state index is 0.0207. The maximum atomic E-state index is 11.6. The number of amides is 1. The molecule has 0 aliphatic heterocycles. The van der Waals surface area contributed by atoms with Gasteiger partial charge >= 0.3 is 0 Å². The van der Waals surface area contributed by atoms with E-state index in [2.05, 4.69) is 15.3 Å². The molecule has 1 amide bonds. The molecule has 0 atom stereocenters. The first-order chi connectivity index (χ1) is 7.84. The van der Waals surface area contributed by atoms with Crippen molar-refractivity contribution in [2.75, 3.05) is 0 Å². The first-order valence-electron chi connectivity index (χ1n) is 5.12. The van der Waals surface area contributed by atoms with Crippen molar-refractivity contribution in [3.8, 4) is 0 Å². The molecule has 2 aromatic rings. The second-order valence-corrected chi connectivity index (χ2v) is 3.53. The molecule has 16 heavy (non-hydrogen) atoms. The Bertz CT molecular complexity index is 437. The Morgan fingerprint density at radius 2 is 2.06 bits per heavy atom. The van der Waals surface area contributed by atoms with Crippen molar-refractivity contribution in [2.45, 2.75) is 13.0 Å². The maximum absolute atomic E-state index is 11.6. The molecule has 4 nitrogen and oxygen atoms in total. The van der Waals surface area contributed by atoms with Gasteiger partial charge in [-0.1, -0.05) is 0 Å². The fourth-order valence-corrected chi connectivity index (χ4v) is 1.42. The summed E-state index contributed by atoms with van der Waals surface area (Å²) in [5.74, 6) is 0.0207. The number of nitrogens with zero attached hydrogens (tertiary/aromatic N) is 1. The molecule has 0 aliphatic carbocycles. The van der Waals surface area contributed by atoms with Crippen LogP contribution in [0.15, 0.2) is 43.0 Å². The Hall–Kier alpha value is -2.10. The zero-order valence-corrected chi connectivity index (χ0v) is 8.81. The highest BCUT2D eigenvalue weighted by Crippen LogP contribution is 1.99. The van der Waals surface area contributed by atoms with Gasteiger partial charge in [0.15, 0.2) is 0 Å². The second kappa shape index (κ2) is 5.11. The quantitative estimate of drug-likeness (QED) is 0.806. The smallest absolute Gasteiger partial charge is 0.224 e. The number of aromatic amines is 1. The van der Waals surface area contributed by atoms with Crippen LogP contribution < -0.4 is 5.32 Å². The van der Waals surface area contributed by atoms with Crippen molar-refractivity contribution >= 4 is 5.91 Å². The molecule has 0 aromatic carbocycles. The summed E-state index contributed by atoms with van der Waals surface area (Å²) < 4.78 is 0. The normalized spacial score (nSPS) is 10.0. The monoisotopic (exact) mass is 215 g/mol. The SMILES string of the molecule is O=C(Cc1ccncc1)NCc1cc[nH]c1. The van der Waals surface area contributed by atoms with Crippen LogP contribution in [0.3, 0.4) is 0 Å². The molecule has 2 heterocycles. The molecule has 0 unspecified atom stereocenters. The lowest BCUT2D eigenvalue weighted by Crippen LogP contribution is -2.24. The van der Waals surface area contributed by atoms with Gasteiger partial charge in [-0.15, -0.1) is 0 Å². The topological polar surface area (TPSA) is 57.8 Å². The van der Waals surface area contributed by atoms with E-state index in [1.165, 1.54) is 0 Å². The summed E-state index contributed by atoms with van der Waals surface area (Å²) in [5.41, 5.74) is 2.05. The molecule has 0 bridgehead atoms. The molecule has 2 N–H and O–H groups in total. The van der Waals surface area contributed by atoms with Crippen molar-refractivity contribution in [1.29, 1.82) is 0 Å². The molecular formula is C12H13N3O. The molecule has 0 radical (unpaired) electrons. The van der Waals surface area contributed by atoms with Crippen LogP contribution in [0.25, 0.3) is 0 Å². The molecular weight excluding hydrogens is 202 g/mol. The number of carbonyl (C=O) groups is 1. The first-order valence-corrected chi connectivity index (χ1v) is 5.12. The van der Waals surface area contributed by atoms with Crippen LogP contribution in [-0.4, -0.2) is 15.9 Å². The zero-order valence-electron chi connectivity index (χ0n) is 8.81. The fourth-order valence-electron chi connectivity index (χ4n) is 1.42. The Morgan fingerprint density at radius 3 is 2.75 bits per heavy atom. The van der Waals surface area contributed by atoms with E-state index in [1.54, 1.807) is 12.4 Å². The lowest BCUT2D eigenvalue weighted by atomic mass is 10.2. The zero-order chi connectivity index (χ0) is 11.2. The molecule has 0 aliphatic rings. The average molecular weight is 215 g/mol. The lowest BCUT2D eigenvalue weighted by Gasteiger charge is -2.03. The summed E-state index contributed by atoms with van der Waals surface area (Å²) in [6.45, 7) is 0.563. The number of hydrogen-bond donors (Lipinski definition) is 2. The van der Waals surface area contributed by atoms with E-state index < -0.39 is 0 Å². The summed E-state index contributed by atoms with van der Waals surface area (Å²) >= 11 is 0. The minimum atomic E-state index is 0.0207. The number of hydrogen-bond acceptors (Lipinski definition) is 2. The summed E-state index contributed by atoms with van der Waals surface area (Å²) in [4.78, 5) is 18.4. The molecule has 4 heteroatoms. The second-order valence-electron chi connectivity index (χ2n) is 3.53. The molecule has 0 spiro atoms. The highest BCUT2D eigenvalue weighted by molar-refractivity contribution is 5.78. The van der Waals surface area contributed by atoms with Crippen LogP contribution >= 0.6 is 0 Å². The molecule has 2 aromatic heterocycles. The van der Waals surface area contributed by atoms with Gasteiger partial charge in [0.05, 0.1) is 6.42 Å². The van der Waals surface area contributed by atoms with Gasteiger partial charge in [-0.3, -0.25) is 9.78 Å². The van der Waals surface area contributed by atoms with Gasteiger partial charge in [0.2, 0.25) is 5.91 Å². The van der Waals surface area contributed by atoms with E-state index in [-0.39, 0.29) is 5.91 Å². The third kappa shape index (κ3) is 2.95. The van der Waals surface area contributed by atoms with Gasteiger partial charge in [-0.05, 0) is 29.3 Å². The predicted octanol–water partition coefficient (Wildman–Crippen LogP) is 1.27. The lowest BCUT2D eigenvalue weighted by molar-refractivity contribution is -0.120. The van der Waals surface area contributed by atoms with Crippen molar-refractivity contribution in [3.63, 3.8) is 0 Å². The van der Waals surface area contributed by atoms with Crippen molar-refractivity contribution in [3.05, 3.63) is 54.1 Å². The summed E-state index contributed by atoms with van der Waals surface area (Å²) in [5, 5.41) is 2.85. The molecule has 82 valence electrons. The number of aromatic nitrogens is 2. The van der Waals surface area contributed by atoms with Crippen molar-refractivity contribution in [2.24, 2.45) is 0 Å². The van der Waals surface area contributed by atoms with Crippen LogP contribution in [0.2, 0.25) is 0 Å². The number of nitrogens with one attached hydrogen (secondary N) is 2. The van der Waals surface area contributed by atoms with Crippen LogP contribution in [0.5, 0.6) is 0 Å². The van der Waals surface area contributed by atoms with Gasteiger partial charge in [0, 0.05) is 31.3 Å². The van der Waals surface area contributed by atoms with Crippen LogP contribution in [0.1, 0.15) is 11.1 Å². The predicted molar refractivity (Wildman–Crippen MR) is 60.6 cm³/mol. The van der Waals surface area contributed by atoms with Crippen molar-refractivity contribution in [1.82, 2.24) is 15.3 Å². The molecule has 0 fully saturated rings. The van der Waals surface area contributed by atoms with E-state index >= 15 is 0 Å². The van der Waals surface area contributed by atoms with Gasteiger partial charge in [-0.2, -0.15) is 0 Å². The van der Waals surface area contributed by atoms with E-state index in [0.29, 0.717) is 13.0 Å². The van der Waals surface area contributed by atoms with E-state index in [4.69, 9.17) is 0 Å². The fraction of sp³-hybridized carbons (Fsp3) is 0.167. The Labute approximate surface area is 93.7 Å². The summed E-state index contributed by atoms with van der Waals surface area (Å²) in [6, 6.07) is 5.62. The van der Waals surface area contributed by atoms with Gasteiger partial charge in [-0.25, -0.2) is 0 Å². The number of carbonyl (C=O) groups excluding carboxylic acids is 1. The number of H-pyrrole nitrogens is 1. The van der Waals surface area contributed by atoms with E-state index in [1.807, 2.05) is 30.6 Å². The number of pyridine rings is 1. The number of rotatable bonds is 4. The van der Waals surface area contributed by atoms with Crippen LogP contribution in [0, 0.1) is 0 Å². The van der Waals surface area contributed by atoms with Crippen LogP contribution in [-0.2, 0) is 17.8 Å². The van der Waals surface area contributed by atoms with E-state index in [9.17, 15) is 4.79 Å². The van der Waals surface area contributed by atoms with Gasteiger partial charge < -0.3 is 10.3 Å². The Balaban J connectivity index is 1.81. The Kier molecular flexibility index (Phi) is 3.33. The largest absolute Gasteiger partial charge is 0.367 e. The highest BCUT2D eigenvalue weighted by Gasteiger charge is 2.02. The standard InChI is InChI=1S/C12H13N3O/c16-12(7-10-1-4-13-5-2-10)15-9-11-3-6-14-8-11/h1-6,8,14H,7,9H2,(H,15,16). The first kappa shape index (κ1) is 10.4. The van der Waals surface area contributed by atoms with Gasteiger partial charge in [0.1, 0.15) is 0 Å². The summed E-state index contributed by atoms with van der Waals surface area (Å²) in [6.07, 6.45) is 7.48. The third-order valence-corrected chi connectivity index (χ3v) is 2.27. The van der Waals surface area contributed by atoms with E-state index in [0.717, 1.165) is 11.1 Å². The van der Waals surface area contributed by atoms with Crippen LogP contribution in [0.4, 0.5) is 0 Å². The molecule has 0 saturated carbocycles.